The maximum atomic E-state index is 11.7. The normalized spacial score (nSPS) is 24.8. The molecule has 0 saturated heterocycles. The molecule has 2 fully saturated rings. The first-order valence-corrected chi connectivity index (χ1v) is 7.58. The smallest absolute Gasteiger partial charge is 0.277 e. The Hall–Kier alpha value is -0.170. The van der Waals surface area contributed by atoms with Gasteiger partial charge in [0.05, 0.1) is 0 Å². The van der Waals surface area contributed by atoms with Crippen LogP contribution in [0.5, 0.6) is 0 Å². The third-order valence-electron chi connectivity index (χ3n) is 3.43. The van der Waals surface area contributed by atoms with Crippen molar-refractivity contribution in [2.45, 2.75) is 50.6 Å². The van der Waals surface area contributed by atoms with Crippen LogP contribution in [0, 0.1) is 5.92 Å². The van der Waals surface area contributed by atoms with Crippen molar-refractivity contribution in [1.29, 1.82) is 0 Å². The second-order valence-electron chi connectivity index (χ2n) is 4.90. The largest absolute Gasteiger partial charge is 0.329 e. The molecule has 1 unspecified atom stereocenters. The summed E-state index contributed by atoms with van der Waals surface area (Å²) in [6.45, 7) is 0.385. The van der Waals surface area contributed by atoms with E-state index in [2.05, 4.69) is 9.44 Å². The molecule has 0 radical (unpaired) electrons. The second-order valence-corrected chi connectivity index (χ2v) is 6.38. The zero-order valence-electron chi connectivity index (χ0n) is 9.48. The Morgan fingerprint density at radius 1 is 1.19 bits per heavy atom. The molecule has 6 heteroatoms. The van der Waals surface area contributed by atoms with E-state index >= 15 is 0 Å². The number of hydrogen-bond donors (Lipinski definition) is 3. The lowest BCUT2D eigenvalue weighted by Gasteiger charge is -2.23. The molecule has 0 aromatic carbocycles. The fraction of sp³-hybridized carbons (Fsp3) is 1.00. The zero-order valence-corrected chi connectivity index (χ0v) is 10.3. The third kappa shape index (κ3) is 3.41. The Bertz CT molecular complexity index is 321. The molecule has 0 spiro atoms. The summed E-state index contributed by atoms with van der Waals surface area (Å²) >= 11 is 0. The van der Waals surface area contributed by atoms with E-state index in [1.807, 2.05) is 0 Å². The molecule has 1 atom stereocenters. The van der Waals surface area contributed by atoms with Gasteiger partial charge in [-0.1, -0.05) is 12.8 Å². The molecule has 2 saturated carbocycles. The second kappa shape index (κ2) is 5.00. The van der Waals surface area contributed by atoms with Crippen molar-refractivity contribution >= 4 is 10.2 Å². The lowest BCUT2D eigenvalue weighted by Crippen LogP contribution is -2.49. The fourth-order valence-corrected chi connectivity index (χ4v) is 3.78. The van der Waals surface area contributed by atoms with E-state index in [1.54, 1.807) is 0 Å². The summed E-state index contributed by atoms with van der Waals surface area (Å²) in [5, 5.41) is 0. The van der Waals surface area contributed by atoms with Gasteiger partial charge in [-0.2, -0.15) is 17.9 Å². The van der Waals surface area contributed by atoms with Crippen molar-refractivity contribution in [3.8, 4) is 0 Å². The van der Waals surface area contributed by atoms with Crippen LogP contribution in [0.2, 0.25) is 0 Å². The van der Waals surface area contributed by atoms with E-state index < -0.39 is 10.2 Å². The van der Waals surface area contributed by atoms with Crippen LogP contribution < -0.4 is 15.2 Å². The number of hydrogen-bond acceptors (Lipinski definition) is 3. The predicted molar refractivity (Wildman–Crippen MR) is 63.0 cm³/mol. The maximum absolute atomic E-state index is 11.7. The molecule has 0 heterocycles. The number of nitrogens with one attached hydrogen (secondary N) is 2. The van der Waals surface area contributed by atoms with Gasteiger partial charge in [-0.05, 0) is 31.6 Å². The SMILES string of the molecule is NCC(NS(=O)(=O)NC1CC1)C1CCCC1. The van der Waals surface area contributed by atoms with Crippen LogP contribution in [0.4, 0.5) is 0 Å². The molecule has 0 amide bonds. The average molecular weight is 247 g/mol. The summed E-state index contributed by atoms with van der Waals surface area (Å²) in [6, 6.07) is 0.0539. The van der Waals surface area contributed by atoms with Crippen LogP contribution in [-0.2, 0) is 10.2 Å². The van der Waals surface area contributed by atoms with E-state index in [0.29, 0.717) is 12.5 Å². The minimum absolute atomic E-state index is 0.0984. The summed E-state index contributed by atoms with van der Waals surface area (Å²) in [6.07, 6.45) is 6.48. The first kappa shape index (κ1) is 12.3. The minimum atomic E-state index is -3.35. The van der Waals surface area contributed by atoms with E-state index in [-0.39, 0.29) is 12.1 Å². The highest BCUT2D eigenvalue weighted by atomic mass is 32.2. The van der Waals surface area contributed by atoms with Crippen LogP contribution in [0.3, 0.4) is 0 Å². The van der Waals surface area contributed by atoms with Gasteiger partial charge < -0.3 is 5.73 Å². The lowest BCUT2D eigenvalue weighted by molar-refractivity contribution is 0.403. The molecule has 4 N–H and O–H groups in total. The molecule has 0 aliphatic heterocycles. The monoisotopic (exact) mass is 247 g/mol. The molecule has 2 aliphatic rings. The molecule has 0 aromatic heterocycles. The summed E-state index contributed by atoms with van der Waals surface area (Å²) in [5.74, 6) is 0.417. The summed E-state index contributed by atoms with van der Waals surface area (Å²) in [4.78, 5) is 0. The van der Waals surface area contributed by atoms with Crippen LogP contribution in [0.15, 0.2) is 0 Å². The average Bonchev–Trinajstić information content (AvgIpc) is 2.85. The Labute approximate surface area is 97.3 Å². The molecular weight excluding hydrogens is 226 g/mol. The minimum Gasteiger partial charge on any atom is -0.329 e. The van der Waals surface area contributed by atoms with Gasteiger partial charge in [-0.15, -0.1) is 0 Å². The van der Waals surface area contributed by atoms with Crippen molar-refractivity contribution in [2.24, 2.45) is 11.7 Å². The zero-order chi connectivity index (χ0) is 11.6. The van der Waals surface area contributed by atoms with Gasteiger partial charge in [0.15, 0.2) is 0 Å². The highest BCUT2D eigenvalue weighted by Crippen LogP contribution is 2.27. The molecule has 0 bridgehead atoms. The van der Waals surface area contributed by atoms with Crippen molar-refractivity contribution in [2.75, 3.05) is 6.54 Å². The summed E-state index contributed by atoms with van der Waals surface area (Å²) in [7, 11) is -3.35. The molecule has 5 nitrogen and oxygen atoms in total. The number of nitrogens with two attached hydrogens (primary N) is 1. The molecule has 94 valence electrons. The first-order valence-electron chi connectivity index (χ1n) is 6.10. The standard InChI is InChI=1S/C10H21N3O2S/c11-7-10(8-3-1-2-4-8)13-16(14,15)12-9-5-6-9/h8-10,12-13H,1-7,11H2. The molecule has 0 aromatic rings. The van der Waals surface area contributed by atoms with Crippen molar-refractivity contribution in [1.82, 2.24) is 9.44 Å². The topological polar surface area (TPSA) is 84.2 Å². The summed E-state index contributed by atoms with van der Waals surface area (Å²) < 4.78 is 28.8. The van der Waals surface area contributed by atoms with Crippen LogP contribution in [0.1, 0.15) is 38.5 Å². The van der Waals surface area contributed by atoms with E-state index in [1.165, 1.54) is 12.8 Å². The van der Waals surface area contributed by atoms with Crippen molar-refractivity contribution < 1.29 is 8.42 Å². The number of rotatable bonds is 6. The van der Waals surface area contributed by atoms with Gasteiger partial charge in [-0.3, -0.25) is 0 Å². The van der Waals surface area contributed by atoms with Gasteiger partial charge in [0, 0.05) is 18.6 Å². The van der Waals surface area contributed by atoms with Crippen LogP contribution in [-0.4, -0.2) is 27.0 Å². The van der Waals surface area contributed by atoms with Crippen LogP contribution >= 0.6 is 0 Å². The summed E-state index contributed by atoms with van der Waals surface area (Å²) in [5.41, 5.74) is 5.65. The molecular formula is C10H21N3O2S. The van der Waals surface area contributed by atoms with Gasteiger partial charge in [0.25, 0.3) is 10.2 Å². The van der Waals surface area contributed by atoms with E-state index in [0.717, 1.165) is 25.7 Å². The first-order chi connectivity index (χ1) is 7.61. The van der Waals surface area contributed by atoms with Gasteiger partial charge in [0.1, 0.15) is 0 Å². The molecule has 2 aliphatic carbocycles. The predicted octanol–water partition coefficient (Wildman–Crippen LogP) is 0.0903. The fourth-order valence-electron chi connectivity index (χ4n) is 2.35. The van der Waals surface area contributed by atoms with E-state index in [4.69, 9.17) is 5.73 Å². The lowest BCUT2D eigenvalue weighted by atomic mass is 9.99. The highest BCUT2D eigenvalue weighted by Gasteiger charge is 2.31. The van der Waals surface area contributed by atoms with Gasteiger partial charge >= 0.3 is 0 Å². The molecule has 2 rings (SSSR count). The van der Waals surface area contributed by atoms with Gasteiger partial charge in [-0.25, -0.2) is 0 Å². The van der Waals surface area contributed by atoms with Crippen molar-refractivity contribution in [3.63, 3.8) is 0 Å². The highest BCUT2D eigenvalue weighted by molar-refractivity contribution is 7.87. The van der Waals surface area contributed by atoms with Crippen LogP contribution in [0.25, 0.3) is 0 Å². The Balaban J connectivity index is 1.88. The van der Waals surface area contributed by atoms with Crippen molar-refractivity contribution in [3.05, 3.63) is 0 Å². The third-order valence-corrected chi connectivity index (χ3v) is 4.69. The quantitative estimate of drug-likeness (QED) is 0.622. The Kier molecular flexibility index (Phi) is 3.84. The molecule has 16 heavy (non-hydrogen) atoms. The maximum Gasteiger partial charge on any atom is 0.277 e. The van der Waals surface area contributed by atoms with Gasteiger partial charge in [0.2, 0.25) is 0 Å². The Morgan fingerprint density at radius 3 is 2.31 bits per heavy atom. The van der Waals surface area contributed by atoms with E-state index in [9.17, 15) is 8.42 Å². The Morgan fingerprint density at radius 2 is 1.81 bits per heavy atom.